The maximum absolute atomic E-state index is 13.7. The van der Waals surface area contributed by atoms with Gasteiger partial charge >= 0.3 is 0 Å². The van der Waals surface area contributed by atoms with E-state index >= 15 is 0 Å². The SMILES string of the molecule is CC(CN[C@@H](C)C(=O)NC1CCCCC1)C(Cc1ccccc1)NC(=O)c1cccc(N(c2ccc(C#N)cc2)S(C)(=O)=O)c1. The van der Waals surface area contributed by atoms with Crippen LogP contribution in [0.4, 0.5) is 11.4 Å². The maximum atomic E-state index is 13.7. The molecule has 3 aromatic carbocycles. The highest BCUT2D eigenvalue weighted by atomic mass is 32.2. The third-order valence-corrected chi connectivity index (χ3v) is 9.38. The highest BCUT2D eigenvalue weighted by molar-refractivity contribution is 7.92. The van der Waals surface area contributed by atoms with Gasteiger partial charge in [0.15, 0.2) is 0 Å². The highest BCUT2D eigenvalue weighted by Crippen LogP contribution is 2.29. The van der Waals surface area contributed by atoms with Crippen LogP contribution < -0.4 is 20.3 Å². The molecular formula is C35H43N5O4S. The number of hydrogen-bond donors (Lipinski definition) is 3. The summed E-state index contributed by atoms with van der Waals surface area (Å²) >= 11 is 0. The van der Waals surface area contributed by atoms with Crippen molar-refractivity contribution < 1.29 is 18.0 Å². The minimum absolute atomic E-state index is 0.00717. The molecule has 0 saturated heterocycles. The average molecular weight is 630 g/mol. The molecule has 10 heteroatoms. The quantitative estimate of drug-likeness (QED) is 0.242. The molecule has 1 aliphatic rings. The number of nitriles is 1. The molecule has 0 aliphatic heterocycles. The van der Waals surface area contributed by atoms with Gasteiger partial charge in [-0.25, -0.2) is 12.7 Å². The summed E-state index contributed by atoms with van der Waals surface area (Å²) in [6.07, 6.45) is 7.25. The van der Waals surface area contributed by atoms with Gasteiger partial charge in [0.2, 0.25) is 15.9 Å². The second-order valence-corrected chi connectivity index (χ2v) is 13.8. The number of hydrogen-bond acceptors (Lipinski definition) is 6. The van der Waals surface area contributed by atoms with Crippen LogP contribution in [0.1, 0.15) is 67.4 Å². The Kier molecular flexibility index (Phi) is 11.7. The predicted octanol–water partition coefficient (Wildman–Crippen LogP) is 5.06. The Bertz CT molecular complexity index is 1580. The minimum atomic E-state index is -3.76. The Morgan fingerprint density at radius 3 is 2.27 bits per heavy atom. The van der Waals surface area contributed by atoms with E-state index < -0.39 is 10.0 Å². The molecule has 2 unspecified atom stereocenters. The van der Waals surface area contributed by atoms with E-state index in [0.717, 1.165) is 41.8 Å². The van der Waals surface area contributed by atoms with Crippen molar-refractivity contribution >= 4 is 33.2 Å². The number of anilines is 2. The van der Waals surface area contributed by atoms with E-state index in [2.05, 4.69) is 16.0 Å². The van der Waals surface area contributed by atoms with E-state index in [4.69, 9.17) is 5.26 Å². The number of amides is 2. The molecule has 1 aliphatic carbocycles. The van der Waals surface area contributed by atoms with E-state index in [0.29, 0.717) is 35.5 Å². The molecule has 45 heavy (non-hydrogen) atoms. The van der Waals surface area contributed by atoms with E-state index in [1.165, 1.54) is 6.42 Å². The lowest BCUT2D eigenvalue weighted by molar-refractivity contribution is -0.123. The third kappa shape index (κ3) is 9.64. The molecule has 9 nitrogen and oxygen atoms in total. The molecule has 0 aromatic heterocycles. The van der Waals surface area contributed by atoms with Crippen molar-refractivity contribution in [2.75, 3.05) is 17.1 Å². The van der Waals surface area contributed by atoms with Crippen molar-refractivity contribution in [2.45, 2.75) is 70.5 Å². The standard InChI is InChI=1S/C35H43N5O4S/c1-25(24-37-26(2)34(41)38-30-14-8-5-9-15-30)33(21-27-11-6-4-7-12-27)39-35(42)29-13-10-16-32(22-29)40(45(3,43)44)31-19-17-28(23-36)18-20-31/h4,6-7,10-13,16-20,22,25-26,30,33,37H,5,8-9,14-15,21,24H2,1-3H3,(H,38,41)(H,39,42)/t25?,26-,33?/m0/s1. The molecule has 0 radical (unpaired) electrons. The van der Waals surface area contributed by atoms with E-state index in [-0.39, 0.29) is 35.9 Å². The number of carbonyl (C=O) groups is 2. The molecule has 0 heterocycles. The average Bonchev–Trinajstić information content (AvgIpc) is 3.04. The fourth-order valence-electron chi connectivity index (χ4n) is 5.66. The smallest absolute Gasteiger partial charge is 0.251 e. The second-order valence-electron chi connectivity index (χ2n) is 12.0. The Balaban J connectivity index is 1.49. The molecule has 3 aromatic rings. The number of carbonyl (C=O) groups excluding carboxylic acids is 2. The zero-order chi connectivity index (χ0) is 32.4. The fourth-order valence-corrected chi connectivity index (χ4v) is 6.66. The normalized spacial score (nSPS) is 15.7. The number of nitrogens with zero attached hydrogens (tertiary/aromatic N) is 2. The molecular weight excluding hydrogens is 586 g/mol. The summed E-state index contributed by atoms with van der Waals surface area (Å²) < 4.78 is 26.9. The summed E-state index contributed by atoms with van der Waals surface area (Å²) in [5.74, 6) is -0.373. The molecule has 2 amide bonds. The molecule has 1 fully saturated rings. The molecule has 0 bridgehead atoms. The van der Waals surface area contributed by atoms with Gasteiger partial charge in [-0.05, 0) is 80.1 Å². The number of benzene rings is 3. The zero-order valence-electron chi connectivity index (χ0n) is 26.2. The van der Waals surface area contributed by atoms with Crippen LogP contribution in [0.2, 0.25) is 0 Å². The van der Waals surface area contributed by atoms with Gasteiger partial charge in [-0.15, -0.1) is 0 Å². The lowest BCUT2D eigenvalue weighted by Gasteiger charge is -2.28. The van der Waals surface area contributed by atoms with Crippen molar-refractivity contribution in [1.29, 1.82) is 5.26 Å². The van der Waals surface area contributed by atoms with Gasteiger partial charge in [0.05, 0.1) is 35.3 Å². The number of sulfonamides is 1. The summed E-state index contributed by atoms with van der Waals surface area (Å²) in [4.78, 5) is 26.5. The Morgan fingerprint density at radius 1 is 0.933 bits per heavy atom. The van der Waals surface area contributed by atoms with E-state index in [1.807, 2.05) is 50.2 Å². The van der Waals surface area contributed by atoms with Crippen molar-refractivity contribution in [3.63, 3.8) is 0 Å². The molecule has 4 rings (SSSR count). The Morgan fingerprint density at radius 2 is 1.62 bits per heavy atom. The summed E-state index contributed by atoms with van der Waals surface area (Å²) in [6.45, 7) is 4.42. The lowest BCUT2D eigenvalue weighted by atomic mass is 9.94. The van der Waals surface area contributed by atoms with Gasteiger partial charge in [0.25, 0.3) is 5.91 Å². The Hall–Kier alpha value is -4.20. The van der Waals surface area contributed by atoms with E-state index in [1.54, 1.807) is 48.5 Å². The molecule has 1 saturated carbocycles. The van der Waals surface area contributed by atoms with E-state index in [9.17, 15) is 18.0 Å². The molecule has 3 N–H and O–H groups in total. The zero-order valence-corrected chi connectivity index (χ0v) is 27.0. The van der Waals surface area contributed by atoms with Crippen molar-refractivity contribution in [2.24, 2.45) is 5.92 Å². The first-order chi connectivity index (χ1) is 21.5. The monoisotopic (exact) mass is 629 g/mol. The number of rotatable bonds is 13. The largest absolute Gasteiger partial charge is 0.352 e. The van der Waals surface area contributed by atoms with Crippen LogP contribution in [-0.4, -0.2) is 51.2 Å². The summed E-state index contributed by atoms with van der Waals surface area (Å²) in [5, 5.41) is 18.9. The fraction of sp³-hybridized carbons (Fsp3) is 0.400. The maximum Gasteiger partial charge on any atom is 0.251 e. The van der Waals surface area contributed by atoms with Crippen molar-refractivity contribution in [3.8, 4) is 6.07 Å². The van der Waals surface area contributed by atoms with Gasteiger partial charge in [-0.2, -0.15) is 5.26 Å². The van der Waals surface area contributed by atoms with Gasteiger partial charge in [-0.1, -0.05) is 62.6 Å². The second kappa shape index (κ2) is 15.7. The van der Waals surface area contributed by atoms with Crippen LogP contribution in [-0.2, 0) is 21.2 Å². The van der Waals surface area contributed by atoms with Gasteiger partial charge in [0, 0.05) is 24.2 Å². The van der Waals surface area contributed by atoms with Crippen LogP contribution >= 0.6 is 0 Å². The van der Waals surface area contributed by atoms with Crippen molar-refractivity contribution in [3.05, 3.63) is 95.6 Å². The predicted molar refractivity (Wildman–Crippen MR) is 178 cm³/mol. The van der Waals surface area contributed by atoms with Crippen LogP contribution in [0.25, 0.3) is 0 Å². The van der Waals surface area contributed by atoms with Crippen LogP contribution in [0, 0.1) is 17.2 Å². The first kappa shape index (κ1) is 33.7. The summed E-state index contributed by atoms with van der Waals surface area (Å²) in [5.41, 5.74) is 2.45. The molecule has 238 valence electrons. The van der Waals surface area contributed by atoms with Gasteiger partial charge < -0.3 is 16.0 Å². The molecule has 0 spiro atoms. The summed E-state index contributed by atoms with van der Waals surface area (Å²) in [6, 6.07) is 24.2. The van der Waals surface area contributed by atoms with Crippen molar-refractivity contribution in [1.82, 2.24) is 16.0 Å². The lowest BCUT2D eigenvalue weighted by Crippen LogP contribution is -2.50. The van der Waals surface area contributed by atoms with Crippen LogP contribution in [0.3, 0.4) is 0 Å². The van der Waals surface area contributed by atoms with Gasteiger partial charge in [-0.3, -0.25) is 9.59 Å². The minimum Gasteiger partial charge on any atom is -0.352 e. The van der Waals surface area contributed by atoms with Crippen LogP contribution in [0.15, 0.2) is 78.9 Å². The first-order valence-corrected chi connectivity index (χ1v) is 17.4. The Labute approximate surface area is 267 Å². The third-order valence-electron chi connectivity index (χ3n) is 8.30. The topological polar surface area (TPSA) is 131 Å². The summed E-state index contributed by atoms with van der Waals surface area (Å²) in [7, 11) is -3.76. The highest BCUT2D eigenvalue weighted by Gasteiger charge is 2.25. The van der Waals surface area contributed by atoms with Gasteiger partial charge in [0.1, 0.15) is 0 Å². The first-order valence-electron chi connectivity index (χ1n) is 15.5. The molecule has 3 atom stereocenters. The number of nitrogens with one attached hydrogen (secondary N) is 3. The van der Waals surface area contributed by atoms with Crippen LogP contribution in [0.5, 0.6) is 0 Å².